The van der Waals surface area contributed by atoms with Gasteiger partial charge in [-0.05, 0) is 71.0 Å². The molecule has 7 rings (SSSR count). The van der Waals surface area contributed by atoms with Gasteiger partial charge in [-0.3, -0.25) is 0 Å². The summed E-state index contributed by atoms with van der Waals surface area (Å²) in [6.45, 7) is 4.67. The van der Waals surface area contributed by atoms with E-state index < -0.39 is 0 Å². The van der Waals surface area contributed by atoms with Gasteiger partial charge in [0.05, 0.1) is 11.0 Å². The van der Waals surface area contributed by atoms with Crippen molar-refractivity contribution in [1.29, 1.82) is 0 Å². The van der Waals surface area contributed by atoms with Crippen LogP contribution < -0.4 is 0 Å². The van der Waals surface area contributed by atoms with Crippen molar-refractivity contribution in [3.63, 3.8) is 0 Å². The molecule has 4 heteroatoms. The fraction of sp³-hybridized carbons (Fsp3) is 0.152. The van der Waals surface area contributed by atoms with E-state index in [1.165, 1.54) is 55.3 Å². The molecule has 0 aliphatic heterocycles. The molecule has 4 aromatic carbocycles. The summed E-state index contributed by atoms with van der Waals surface area (Å²) in [5.41, 5.74) is 12.3. The van der Waals surface area contributed by atoms with E-state index in [0.29, 0.717) is 0 Å². The number of aromatic nitrogens is 3. The minimum absolute atomic E-state index is 0.00791. The first-order valence-electron chi connectivity index (χ1n) is 13.0. The Balaban J connectivity index is 1.41. The van der Waals surface area contributed by atoms with Crippen molar-refractivity contribution in [2.24, 2.45) is 0 Å². The fourth-order valence-electron chi connectivity index (χ4n) is 6.38. The van der Waals surface area contributed by atoms with Gasteiger partial charge in [-0.2, -0.15) is 0 Å². The first kappa shape index (κ1) is 22.2. The Bertz CT molecular complexity index is 1750. The normalized spacial score (nSPS) is 14.0. The number of para-hydroxylation sites is 2. The molecule has 2 heterocycles. The first-order chi connectivity index (χ1) is 18.2. The lowest BCUT2D eigenvalue weighted by Gasteiger charge is -2.30. The van der Waals surface area contributed by atoms with Crippen LogP contribution in [0.3, 0.4) is 0 Å². The highest BCUT2D eigenvalue weighted by Gasteiger charge is 2.40. The lowest BCUT2D eigenvalue weighted by Crippen LogP contribution is -2.23. The Labute approximate surface area is 220 Å². The predicted molar refractivity (Wildman–Crippen MR) is 156 cm³/mol. The standard InChI is InChI=1S/C33H27N3S/c1-3-33(4-2)28-19-22(14-18-32-35-34-21-37-32)13-16-24(28)25-17-15-23(20-29(25)33)36-30-11-7-5-9-26(30)27-10-6-8-12-31(27)36/h5-21H,3-4H2,1-2H3/b18-14+. The number of rotatable bonds is 5. The van der Waals surface area contributed by atoms with Crippen LogP contribution in [-0.2, 0) is 5.41 Å². The van der Waals surface area contributed by atoms with Gasteiger partial charge >= 0.3 is 0 Å². The Morgan fingerprint density at radius 1 is 0.757 bits per heavy atom. The van der Waals surface area contributed by atoms with Crippen molar-refractivity contribution in [2.75, 3.05) is 0 Å². The van der Waals surface area contributed by atoms with Crippen molar-refractivity contribution in [1.82, 2.24) is 14.8 Å². The number of hydrogen-bond acceptors (Lipinski definition) is 3. The highest BCUT2D eigenvalue weighted by molar-refractivity contribution is 7.10. The Morgan fingerprint density at radius 2 is 1.41 bits per heavy atom. The molecular weight excluding hydrogens is 470 g/mol. The molecular formula is C33H27N3S. The van der Waals surface area contributed by atoms with Crippen LogP contribution in [0, 0.1) is 0 Å². The SMILES string of the molecule is CCC1(CC)c2cc(/C=C/c3nncs3)ccc2-c2ccc(-n3c4ccccc4c4ccccc43)cc21. The Hall–Kier alpha value is -4.02. The van der Waals surface area contributed by atoms with Gasteiger partial charge in [0.1, 0.15) is 10.5 Å². The molecule has 0 spiro atoms. The average Bonchev–Trinajstić information content (AvgIpc) is 3.65. The Morgan fingerprint density at radius 3 is 2.05 bits per heavy atom. The van der Waals surface area contributed by atoms with Crippen LogP contribution in [0.1, 0.15) is 48.4 Å². The van der Waals surface area contributed by atoms with E-state index in [4.69, 9.17) is 0 Å². The molecule has 0 saturated carbocycles. The molecule has 0 bridgehead atoms. The minimum Gasteiger partial charge on any atom is -0.309 e. The summed E-state index contributed by atoms with van der Waals surface area (Å²) < 4.78 is 2.43. The molecule has 0 amide bonds. The summed E-state index contributed by atoms with van der Waals surface area (Å²) in [5.74, 6) is 0. The molecule has 0 N–H and O–H groups in total. The van der Waals surface area contributed by atoms with Crippen molar-refractivity contribution < 1.29 is 0 Å². The number of fused-ring (bicyclic) bond motifs is 6. The number of hydrogen-bond donors (Lipinski definition) is 0. The maximum absolute atomic E-state index is 4.15. The zero-order valence-corrected chi connectivity index (χ0v) is 21.8. The zero-order valence-electron chi connectivity index (χ0n) is 21.0. The molecule has 2 aromatic heterocycles. The molecule has 0 unspecified atom stereocenters. The maximum Gasteiger partial charge on any atom is 0.140 e. The summed E-state index contributed by atoms with van der Waals surface area (Å²) in [4.78, 5) is 0. The van der Waals surface area contributed by atoms with Crippen molar-refractivity contribution in [3.8, 4) is 16.8 Å². The quantitative estimate of drug-likeness (QED) is 0.238. The summed E-state index contributed by atoms with van der Waals surface area (Å²) in [5, 5.41) is 11.6. The molecule has 6 aromatic rings. The molecule has 0 fully saturated rings. The van der Waals surface area contributed by atoms with E-state index in [1.807, 2.05) is 0 Å². The van der Waals surface area contributed by atoms with E-state index in [0.717, 1.165) is 17.8 Å². The van der Waals surface area contributed by atoms with Gasteiger partial charge in [-0.1, -0.05) is 80.6 Å². The second-order valence-corrected chi connectivity index (χ2v) is 10.7. The van der Waals surface area contributed by atoms with E-state index in [2.05, 4.69) is 126 Å². The van der Waals surface area contributed by atoms with Gasteiger partial charge in [-0.25, -0.2) is 0 Å². The number of nitrogens with zero attached hydrogens (tertiary/aromatic N) is 3. The summed E-state index contributed by atoms with van der Waals surface area (Å²) >= 11 is 1.56. The van der Waals surface area contributed by atoms with Crippen LogP contribution in [0.5, 0.6) is 0 Å². The third kappa shape index (κ3) is 3.25. The topological polar surface area (TPSA) is 30.7 Å². The van der Waals surface area contributed by atoms with Crippen LogP contribution in [-0.4, -0.2) is 14.8 Å². The van der Waals surface area contributed by atoms with Crippen LogP contribution in [0.2, 0.25) is 0 Å². The van der Waals surface area contributed by atoms with E-state index in [-0.39, 0.29) is 5.41 Å². The van der Waals surface area contributed by atoms with Gasteiger partial charge < -0.3 is 4.57 Å². The second kappa shape index (κ2) is 8.53. The van der Waals surface area contributed by atoms with Crippen LogP contribution in [0.15, 0.2) is 90.4 Å². The maximum atomic E-state index is 4.15. The highest BCUT2D eigenvalue weighted by Crippen LogP contribution is 2.53. The van der Waals surface area contributed by atoms with Crippen molar-refractivity contribution in [2.45, 2.75) is 32.1 Å². The monoisotopic (exact) mass is 497 g/mol. The summed E-state index contributed by atoms with van der Waals surface area (Å²) in [7, 11) is 0. The van der Waals surface area contributed by atoms with E-state index >= 15 is 0 Å². The van der Waals surface area contributed by atoms with Crippen LogP contribution in [0.25, 0.3) is 50.8 Å². The zero-order chi connectivity index (χ0) is 25.0. The van der Waals surface area contributed by atoms with E-state index in [1.54, 1.807) is 16.8 Å². The molecule has 37 heavy (non-hydrogen) atoms. The van der Waals surface area contributed by atoms with Gasteiger partial charge in [0, 0.05) is 21.9 Å². The predicted octanol–water partition coefficient (Wildman–Crippen LogP) is 8.89. The van der Waals surface area contributed by atoms with Gasteiger partial charge in [0.15, 0.2) is 0 Å². The molecule has 0 atom stereocenters. The van der Waals surface area contributed by atoms with Crippen molar-refractivity contribution >= 4 is 45.3 Å². The third-order valence-electron chi connectivity index (χ3n) is 8.21. The van der Waals surface area contributed by atoms with Crippen LogP contribution in [0.4, 0.5) is 0 Å². The van der Waals surface area contributed by atoms with Gasteiger partial charge in [0.25, 0.3) is 0 Å². The summed E-state index contributed by atoms with van der Waals surface area (Å²) in [6, 6.07) is 31.5. The molecule has 0 saturated heterocycles. The fourth-order valence-corrected chi connectivity index (χ4v) is 6.82. The van der Waals surface area contributed by atoms with Crippen molar-refractivity contribution in [3.05, 3.63) is 112 Å². The average molecular weight is 498 g/mol. The van der Waals surface area contributed by atoms with E-state index in [9.17, 15) is 0 Å². The second-order valence-electron chi connectivity index (χ2n) is 9.80. The first-order valence-corrected chi connectivity index (χ1v) is 13.8. The molecule has 0 radical (unpaired) electrons. The van der Waals surface area contributed by atoms with Crippen LogP contribution >= 0.6 is 11.3 Å². The summed E-state index contributed by atoms with van der Waals surface area (Å²) in [6.07, 6.45) is 6.33. The molecule has 1 aliphatic carbocycles. The molecule has 3 nitrogen and oxygen atoms in total. The molecule has 180 valence electrons. The Kier molecular flexibility index (Phi) is 5.12. The minimum atomic E-state index is -0.00791. The smallest absolute Gasteiger partial charge is 0.140 e. The van der Waals surface area contributed by atoms with Gasteiger partial charge in [-0.15, -0.1) is 21.5 Å². The van der Waals surface area contributed by atoms with Gasteiger partial charge in [0.2, 0.25) is 0 Å². The third-order valence-corrected chi connectivity index (χ3v) is 8.87. The lowest BCUT2D eigenvalue weighted by atomic mass is 9.73. The number of benzene rings is 4. The lowest BCUT2D eigenvalue weighted by molar-refractivity contribution is 0.490. The highest BCUT2D eigenvalue weighted by atomic mass is 32.1. The largest absolute Gasteiger partial charge is 0.309 e. The molecule has 1 aliphatic rings.